The Labute approximate surface area is 146 Å². The molecule has 1 N–H and O–H groups in total. The molecule has 0 bridgehead atoms. The summed E-state index contributed by atoms with van der Waals surface area (Å²) in [7, 11) is 1.66. The number of carbonyl (C=O) groups excluding carboxylic acids is 2. The molecule has 0 saturated heterocycles. The smallest absolute Gasteiger partial charge is 0.251 e. The predicted molar refractivity (Wildman–Crippen MR) is 96.9 cm³/mol. The largest absolute Gasteiger partial charge is 0.493 e. The third-order valence-electron chi connectivity index (χ3n) is 4.23. The fourth-order valence-corrected chi connectivity index (χ4v) is 2.73. The molecule has 5 heteroatoms. The zero-order valence-corrected chi connectivity index (χ0v) is 14.1. The lowest BCUT2D eigenvalue weighted by Gasteiger charge is -2.15. The summed E-state index contributed by atoms with van der Waals surface area (Å²) < 4.78 is 5.48. The summed E-state index contributed by atoms with van der Waals surface area (Å²) >= 11 is 0. The molecule has 0 atom stereocenters. The zero-order chi connectivity index (χ0) is 17.8. The molecule has 128 valence electrons. The normalized spacial score (nSPS) is 12.0. The Hall–Kier alpha value is -3.08. The van der Waals surface area contributed by atoms with E-state index >= 15 is 0 Å². The summed E-state index contributed by atoms with van der Waals surface area (Å²) in [6.45, 7) is 4.65. The van der Waals surface area contributed by atoms with Gasteiger partial charge in [0, 0.05) is 31.3 Å². The van der Waals surface area contributed by atoms with Gasteiger partial charge in [-0.3, -0.25) is 9.59 Å². The van der Waals surface area contributed by atoms with Gasteiger partial charge in [0.25, 0.3) is 5.91 Å². The second kappa shape index (κ2) is 7.21. The van der Waals surface area contributed by atoms with Crippen LogP contribution < -0.4 is 15.0 Å². The average Bonchev–Trinajstić information content (AvgIpc) is 3.12. The van der Waals surface area contributed by atoms with E-state index < -0.39 is 0 Å². The first kappa shape index (κ1) is 16.8. The molecular weight excluding hydrogens is 316 g/mol. The van der Waals surface area contributed by atoms with Crippen LogP contribution >= 0.6 is 0 Å². The number of anilines is 1. The van der Waals surface area contributed by atoms with Gasteiger partial charge in [-0.1, -0.05) is 18.7 Å². The molecule has 0 aliphatic carbocycles. The van der Waals surface area contributed by atoms with E-state index in [9.17, 15) is 9.59 Å². The average molecular weight is 336 g/mol. The standard InChI is InChI=1S/C20H20N2O3/c1-3-19(23)22(2)17-7-5-15(6-8-17)20(24)21-13-14-4-9-18-16(12-14)10-11-25-18/h3-9,12H,1,10-11,13H2,2H3,(H,21,24). The molecule has 0 saturated carbocycles. The summed E-state index contributed by atoms with van der Waals surface area (Å²) in [4.78, 5) is 25.4. The zero-order valence-electron chi connectivity index (χ0n) is 14.1. The van der Waals surface area contributed by atoms with Crippen LogP contribution in [0.5, 0.6) is 5.75 Å². The molecule has 1 heterocycles. The van der Waals surface area contributed by atoms with Gasteiger partial charge < -0.3 is 15.0 Å². The number of ether oxygens (including phenoxy) is 1. The highest BCUT2D eigenvalue weighted by Gasteiger charge is 2.13. The third-order valence-corrected chi connectivity index (χ3v) is 4.23. The van der Waals surface area contributed by atoms with Gasteiger partial charge in [-0.25, -0.2) is 0 Å². The maximum Gasteiger partial charge on any atom is 0.251 e. The molecule has 0 fully saturated rings. The number of fused-ring (bicyclic) bond motifs is 1. The number of nitrogens with zero attached hydrogens (tertiary/aromatic N) is 1. The Bertz CT molecular complexity index is 812. The topological polar surface area (TPSA) is 58.6 Å². The molecule has 2 amide bonds. The lowest BCUT2D eigenvalue weighted by molar-refractivity contribution is -0.113. The number of rotatable bonds is 5. The van der Waals surface area contributed by atoms with Crippen molar-refractivity contribution in [1.82, 2.24) is 5.32 Å². The summed E-state index contributed by atoms with van der Waals surface area (Å²) in [5.74, 6) is 0.586. The van der Waals surface area contributed by atoms with E-state index in [0.717, 1.165) is 24.3 Å². The van der Waals surface area contributed by atoms with Crippen molar-refractivity contribution in [3.8, 4) is 5.75 Å². The van der Waals surface area contributed by atoms with Gasteiger partial charge in [0.15, 0.2) is 0 Å². The van der Waals surface area contributed by atoms with E-state index in [-0.39, 0.29) is 11.8 Å². The summed E-state index contributed by atoms with van der Waals surface area (Å²) in [5.41, 5.74) is 3.49. The number of hydrogen-bond donors (Lipinski definition) is 1. The van der Waals surface area contributed by atoms with E-state index in [0.29, 0.717) is 17.8 Å². The second-order valence-corrected chi connectivity index (χ2v) is 5.87. The Morgan fingerprint density at radius 3 is 2.72 bits per heavy atom. The molecule has 5 nitrogen and oxygen atoms in total. The first-order valence-corrected chi connectivity index (χ1v) is 8.11. The fraction of sp³-hybridized carbons (Fsp3) is 0.200. The summed E-state index contributed by atoms with van der Waals surface area (Å²) in [5, 5.41) is 2.91. The number of benzene rings is 2. The summed E-state index contributed by atoms with van der Waals surface area (Å²) in [6.07, 6.45) is 2.16. The van der Waals surface area contributed by atoms with Crippen molar-refractivity contribution in [3.63, 3.8) is 0 Å². The van der Waals surface area contributed by atoms with Gasteiger partial charge in [-0.15, -0.1) is 0 Å². The molecule has 2 aromatic carbocycles. The first-order valence-electron chi connectivity index (χ1n) is 8.11. The van der Waals surface area contributed by atoms with E-state index in [1.165, 1.54) is 16.5 Å². The van der Waals surface area contributed by atoms with Crippen LogP contribution in [0.3, 0.4) is 0 Å². The fourth-order valence-electron chi connectivity index (χ4n) is 2.73. The van der Waals surface area contributed by atoms with Crippen molar-refractivity contribution in [2.75, 3.05) is 18.6 Å². The van der Waals surface area contributed by atoms with E-state index in [2.05, 4.69) is 18.0 Å². The number of hydrogen-bond acceptors (Lipinski definition) is 3. The molecule has 1 aliphatic rings. The SMILES string of the molecule is C=CC(=O)N(C)c1ccc(C(=O)NCc2ccc3c(c2)CCO3)cc1. The summed E-state index contributed by atoms with van der Waals surface area (Å²) in [6, 6.07) is 12.9. The van der Waals surface area contributed by atoms with E-state index in [1.54, 1.807) is 31.3 Å². The Morgan fingerprint density at radius 2 is 2.00 bits per heavy atom. The van der Waals surface area contributed by atoms with Crippen LogP contribution in [0.2, 0.25) is 0 Å². The molecule has 1 aliphatic heterocycles. The van der Waals surface area contributed by atoms with E-state index in [4.69, 9.17) is 4.74 Å². The Balaban J connectivity index is 1.61. The maximum absolute atomic E-state index is 12.3. The van der Waals surface area contributed by atoms with E-state index in [1.807, 2.05) is 12.1 Å². The minimum Gasteiger partial charge on any atom is -0.493 e. The second-order valence-electron chi connectivity index (χ2n) is 5.87. The first-order chi connectivity index (χ1) is 12.1. The monoisotopic (exact) mass is 336 g/mol. The van der Waals surface area contributed by atoms with Crippen molar-refractivity contribution in [2.45, 2.75) is 13.0 Å². The van der Waals surface area contributed by atoms with Gasteiger partial charge in [0.2, 0.25) is 5.91 Å². The number of likely N-dealkylation sites (N-methyl/N-ethyl adjacent to an activating group) is 1. The van der Waals surface area contributed by atoms with Gasteiger partial charge in [0.05, 0.1) is 6.61 Å². The van der Waals surface area contributed by atoms with Gasteiger partial charge in [0.1, 0.15) is 5.75 Å². The van der Waals surface area contributed by atoms with Gasteiger partial charge in [-0.2, -0.15) is 0 Å². The number of carbonyl (C=O) groups is 2. The van der Waals surface area contributed by atoms with Crippen molar-refractivity contribution in [2.24, 2.45) is 0 Å². The molecular formula is C20H20N2O3. The number of amides is 2. The molecule has 0 spiro atoms. The van der Waals surface area contributed by atoms with Gasteiger partial charge in [-0.05, 0) is 47.5 Å². The van der Waals surface area contributed by atoms with Crippen LogP contribution in [0.15, 0.2) is 55.1 Å². The molecule has 25 heavy (non-hydrogen) atoms. The molecule has 2 aromatic rings. The van der Waals surface area contributed by atoms with Crippen LogP contribution in [-0.2, 0) is 17.8 Å². The van der Waals surface area contributed by atoms with Crippen molar-refractivity contribution in [1.29, 1.82) is 0 Å². The van der Waals surface area contributed by atoms with Crippen LogP contribution in [0.25, 0.3) is 0 Å². The third kappa shape index (κ3) is 3.71. The van der Waals surface area contributed by atoms with Crippen molar-refractivity contribution < 1.29 is 14.3 Å². The highest BCUT2D eigenvalue weighted by Crippen LogP contribution is 2.25. The Kier molecular flexibility index (Phi) is 4.84. The minimum absolute atomic E-state index is 0.152. The molecule has 0 unspecified atom stereocenters. The van der Waals surface area contributed by atoms with Crippen molar-refractivity contribution >= 4 is 17.5 Å². The lowest BCUT2D eigenvalue weighted by Crippen LogP contribution is -2.25. The van der Waals surface area contributed by atoms with Crippen LogP contribution in [0, 0.1) is 0 Å². The van der Waals surface area contributed by atoms with Gasteiger partial charge >= 0.3 is 0 Å². The van der Waals surface area contributed by atoms with Crippen LogP contribution in [-0.4, -0.2) is 25.5 Å². The Morgan fingerprint density at radius 1 is 1.24 bits per heavy atom. The lowest BCUT2D eigenvalue weighted by atomic mass is 10.1. The number of nitrogens with one attached hydrogen (secondary N) is 1. The van der Waals surface area contributed by atoms with Crippen LogP contribution in [0.4, 0.5) is 5.69 Å². The minimum atomic E-state index is -0.196. The predicted octanol–water partition coefficient (Wildman–Crippen LogP) is 2.70. The molecule has 0 aromatic heterocycles. The van der Waals surface area contributed by atoms with Crippen LogP contribution in [0.1, 0.15) is 21.5 Å². The maximum atomic E-state index is 12.3. The molecule has 0 radical (unpaired) electrons. The highest BCUT2D eigenvalue weighted by atomic mass is 16.5. The quantitative estimate of drug-likeness (QED) is 0.854. The highest BCUT2D eigenvalue weighted by molar-refractivity contribution is 6.01. The van der Waals surface area contributed by atoms with Crippen molar-refractivity contribution in [3.05, 3.63) is 71.8 Å². The molecule has 3 rings (SSSR count).